The van der Waals surface area contributed by atoms with E-state index in [0.717, 1.165) is 29.7 Å². The molecule has 0 amide bonds. The second kappa shape index (κ2) is 4.68. The topological polar surface area (TPSA) is 12.0 Å². The fourth-order valence-corrected chi connectivity index (χ4v) is 4.06. The van der Waals surface area contributed by atoms with Gasteiger partial charge in [0.25, 0.3) is 0 Å². The molecule has 1 N–H and O–H groups in total. The summed E-state index contributed by atoms with van der Waals surface area (Å²) in [6.07, 6.45) is 12.0. The van der Waals surface area contributed by atoms with E-state index in [1.165, 1.54) is 45.1 Å². The average molecular weight is 221 g/mol. The molecule has 0 aromatic rings. The van der Waals surface area contributed by atoms with Crippen molar-refractivity contribution >= 4 is 0 Å². The number of rotatable bonds is 6. The maximum atomic E-state index is 3.86. The number of hydrogen-bond donors (Lipinski definition) is 1. The standard InChI is InChI=1S/C15H27N/c1-2-9-16-14(10-11-7-8-11)15-12-5-3-4-6-13(12)15/h11-16H,2-10H2,1H3. The molecule has 0 saturated heterocycles. The highest BCUT2D eigenvalue weighted by Gasteiger charge is 2.54. The van der Waals surface area contributed by atoms with Gasteiger partial charge in [-0.1, -0.05) is 32.6 Å². The van der Waals surface area contributed by atoms with Crippen LogP contribution in [-0.4, -0.2) is 12.6 Å². The molecule has 1 nitrogen and oxygen atoms in total. The summed E-state index contributed by atoms with van der Waals surface area (Å²) in [5, 5.41) is 3.86. The van der Waals surface area contributed by atoms with Crippen molar-refractivity contribution in [2.45, 2.75) is 64.3 Å². The van der Waals surface area contributed by atoms with E-state index < -0.39 is 0 Å². The van der Waals surface area contributed by atoms with Crippen molar-refractivity contribution in [1.82, 2.24) is 5.32 Å². The summed E-state index contributed by atoms with van der Waals surface area (Å²) in [5.41, 5.74) is 0. The average Bonchev–Trinajstić information content (AvgIpc) is 3.18. The van der Waals surface area contributed by atoms with Gasteiger partial charge < -0.3 is 5.32 Å². The van der Waals surface area contributed by atoms with Crippen molar-refractivity contribution in [3.8, 4) is 0 Å². The Morgan fingerprint density at radius 3 is 2.31 bits per heavy atom. The molecule has 3 saturated carbocycles. The molecule has 0 radical (unpaired) electrons. The lowest BCUT2D eigenvalue weighted by molar-refractivity contribution is 0.390. The molecule has 0 spiro atoms. The minimum atomic E-state index is 0.889. The largest absolute Gasteiger partial charge is 0.314 e. The summed E-state index contributed by atoms with van der Waals surface area (Å²) in [7, 11) is 0. The molecule has 3 rings (SSSR count). The first-order valence-corrected chi connectivity index (χ1v) is 7.63. The van der Waals surface area contributed by atoms with E-state index in [0.29, 0.717) is 0 Å². The number of hydrogen-bond acceptors (Lipinski definition) is 1. The Bertz CT molecular complexity index is 222. The van der Waals surface area contributed by atoms with Gasteiger partial charge in [0.15, 0.2) is 0 Å². The summed E-state index contributed by atoms with van der Waals surface area (Å²) < 4.78 is 0. The van der Waals surface area contributed by atoms with Crippen LogP contribution < -0.4 is 5.32 Å². The fraction of sp³-hybridized carbons (Fsp3) is 1.00. The lowest BCUT2D eigenvalue weighted by Crippen LogP contribution is -2.33. The van der Waals surface area contributed by atoms with E-state index in [2.05, 4.69) is 12.2 Å². The van der Waals surface area contributed by atoms with E-state index in [1.807, 2.05) is 0 Å². The van der Waals surface area contributed by atoms with Crippen LogP contribution in [0, 0.1) is 23.7 Å². The SMILES string of the molecule is CCCNC(CC1CC1)C1C2CCCCC21. The first-order chi connectivity index (χ1) is 7.90. The Balaban J connectivity index is 1.54. The van der Waals surface area contributed by atoms with Gasteiger partial charge in [0.05, 0.1) is 0 Å². The number of nitrogens with one attached hydrogen (secondary N) is 1. The molecule has 3 aliphatic carbocycles. The van der Waals surface area contributed by atoms with Crippen LogP contribution in [0.2, 0.25) is 0 Å². The Morgan fingerprint density at radius 1 is 1.06 bits per heavy atom. The van der Waals surface area contributed by atoms with E-state index >= 15 is 0 Å². The van der Waals surface area contributed by atoms with E-state index in [-0.39, 0.29) is 0 Å². The highest BCUT2D eigenvalue weighted by molar-refractivity contribution is 5.05. The van der Waals surface area contributed by atoms with Crippen molar-refractivity contribution in [3.05, 3.63) is 0 Å². The van der Waals surface area contributed by atoms with Crippen LogP contribution in [0.4, 0.5) is 0 Å². The van der Waals surface area contributed by atoms with Crippen LogP contribution in [0.3, 0.4) is 0 Å². The zero-order chi connectivity index (χ0) is 11.0. The normalized spacial score (nSPS) is 39.2. The molecular formula is C15H27N. The molecule has 0 aromatic heterocycles. The fourth-order valence-electron chi connectivity index (χ4n) is 4.06. The third-order valence-corrected chi connectivity index (χ3v) is 5.13. The smallest absolute Gasteiger partial charge is 0.0103 e. The summed E-state index contributed by atoms with van der Waals surface area (Å²) in [4.78, 5) is 0. The van der Waals surface area contributed by atoms with Gasteiger partial charge in [0.1, 0.15) is 0 Å². The molecule has 3 unspecified atom stereocenters. The zero-order valence-corrected chi connectivity index (χ0v) is 10.8. The van der Waals surface area contributed by atoms with E-state index in [4.69, 9.17) is 0 Å². The third-order valence-electron chi connectivity index (χ3n) is 5.13. The van der Waals surface area contributed by atoms with Crippen LogP contribution in [0.15, 0.2) is 0 Å². The van der Waals surface area contributed by atoms with Crippen LogP contribution in [0.5, 0.6) is 0 Å². The summed E-state index contributed by atoms with van der Waals surface area (Å²) in [6, 6.07) is 0.889. The van der Waals surface area contributed by atoms with Gasteiger partial charge in [-0.2, -0.15) is 0 Å². The molecule has 16 heavy (non-hydrogen) atoms. The third kappa shape index (κ3) is 2.30. The van der Waals surface area contributed by atoms with Gasteiger partial charge in [-0.15, -0.1) is 0 Å². The molecule has 0 heterocycles. The summed E-state index contributed by atoms with van der Waals surface area (Å²) in [6.45, 7) is 3.54. The molecule has 92 valence electrons. The van der Waals surface area contributed by atoms with Gasteiger partial charge in [-0.25, -0.2) is 0 Å². The van der Waals surface area contributed by atoms with Crippen molar-refractivity contribution < 1.29 is 0 Å². The highest BCUT2D eigenvalue weighted by atomic mass is 14.9. The maximum Gasteiger partial charge on any atom is 0.0103 e. The molecule has 3 fully saturated rings. The Hall–Kier alpha value is -0.0400. The van der Waals surface area contributed by atoms with Crippen LogP contribution in [0.1, 0.15) is 58.3 Å². The van der Waals surface area contributed by atoms with Crippen molar-refractivity contribution in [3.63, 3.8) is 0 Å². The minimum Gasteiger partial charge on any atom is -0.314 e. The van der Waals surface area contributed by atoms with Gasteiger partial charge in [-0.3, -0.25) is 0 Å². The van der Waals surface area contributed by atoms with Crippen LogP contribution in [0.25, 0.3) is 0 Å². The summed E-state index contributed by atoms with van der Waals surface area (Å²) in [5.74, 6) is 4.43. The molecule has 1 heteroatoms. The second-order valence-corrected chi connectivity index (χ2v) is 6.43. The van der Waals surface area contributed by atoms with Crippen LogP contribution in [-0.2, 0) is 0 Å². The maximum absolute atomic E-state index is 3.86. The van der Waals surface area contributed by atoms with Gasteiger partial charge in [0.2, 0.25) is 0 Å². The van der Waals surface area contributed by atoms with Gasteiger partial charge in [-0.05, 0) is 55.9 Å². The van der Waals surface area contributed by atoms with E-state index in [9.17, 15) is 0 Å². The number of fused-ring (bicyclic) bond motifs is 1. The molecular weight excluding hydrogens is 194 g/mol. The molecule has 3 atom stereocenters. The van der Waals surface area contributed by atoms with E-state index in [1.54, 1.807) is 12.8 Å². The van der Waals surface area contributed by atoms with Crippen molar-refractivity contribution in [1.29, 1.82) is 0 Å². The Kier molecular flexibility index (Phi) is 3.24. The quantitative estimate of drug-likeness (QED) is 0.723. The summed E-state index contributed by atoms with van der Waals surface area (Å²) >= 11 is 0. The minimum absolute atomic E-state index is 0.889. The first-order valence-electron chi connectivity index (χ1n) is 7.63. The lowest BCUT2D eigenvalue weighted by Gasteiger charge is -2.18. The molecule has 3 aliphatic rings. The monoisotopic (exact) mass is 221 g/mol. The predicted octanol–water partition coefficient (Wildman–Crippen LogP) is 3.59. The van der Waals surface area contributed by atoms with Crippen molar-refractivity contribution in [2.75, 3.05) is 6.54 Å². The zero-order valence-electron chi connectivity index (χ0n) is 10.8. The first kappa shape index (κ1) is 11.1. The Morgan fingerprint density at radius 2 is 1.75 bits per heavy atom. The second-order valence-electron chi connectivity index (χ2n) is 6.43. The lowest BCUT2D eigenvalue weighted by atomic mass is 10.0. The molecule has 0 aromatic carbocycles. The molecule has 0 bridgehead atoms. The van der Waals surface area contributed by atoms with Crippen molar-refractivity contribution in [2.24, 2.45) is 23.7 Å². The predicted molar refractivity (Wildman–Crippen MR) is 68.4 cm³/mol. The Labute approximate surface area is 100 Å². The van der Waals surface area contributed by atoms with Gasteiger partial charge in [0, 0.05) is 6.04 Å². The van der Waals surface area contributed by atoms with Crippen LogP contribution >= 0.6 is 0 Å². The highest BCUT2D eigenvalue weighted by Crippen LogP contribution is 2.58. The molecule has 0 aliphatic heterocycles. The van der Waals surface area contributed by atoms with Gasteiger partial charge >= 0.3 is 0 Å².